The fraction of sp³-hybridized carbons (Fsp3) is 0.312. The minimum absolute atomic E-state index is 0.0164. The van der Waals surface area contributed by atoms with Gasteiger partial charge in [0.05, 0.1) is 28.0 Å². The molecular weight excluding hydrogens is 533 g/mol. The highest BCUT2D eigenvalue weighted by molar-refractivity contribution is 5.93. The summed E-state index contributed by atoms with van der Waals surface area (Å²) in [5.74, 6) is -0.250. The summed E-state index contributed by atoms with van der Waals surface area (Å²) in [5, 5.41) is 10.7. The Labute approximate surface area is 242 Å². The van der Waals surface area contributed by atoms with Crippen LogP contribution in [0, 0.1) is 24.1 Å². The van der Waals surface area contributed by atoms with Crippen molar-refractivity contribution in [2.45, 2.75) is 51.6 Å². The molecular formula is C32H30FN7O2. The first kappa shape index (κ1) is 27.3. The SMILES string of the molecule is C=CC(=O)N1CC2CCC(C1)N2c1nc(=O)n(-c2c(C)ccnc2C(C)C)c2nc(-c3ccccc3F)c(C#N)cc12. The minimum atomic E-state index is -0.545. The summed E-state index contributed by atoms with van der Waals surface area (Å²) in [7, 11) is 0. The molecule has 3 aromatic heterocycles. The number of aromatic nitrogens is 4. The highest BCUT2D eigenvalue weighted by Gasteiger charge is 2.43. The number of amides is 1. The van der Waals surface area contributed by atoms with Gasteiger partial charge < -0.3 is 9.80 Å². The van der Waals surface area contributed by atoms with E-state index in [0.717, 1.165) is 18.4 Å². The highest BCUT2D eigenvalue weighted by Crippen LogP contribution is 2.39. The smallest absolute Gasteiger partial charge is 0.346 e. The van der Waals surface area contributed by atoms with Gasteiger partial charge in [0.15, 0.2) is 5.65 Å². The van der Waals surface area contributed by atoms with E-state index in [-0.39, 0.29) is 46.4 Å². The maximum atomic E-state index is 15.1. The molecule has 1 aromatic carbocycles. The van der Waals surface area contributed by atoms with Crippen molar-refractivity contribution in [2.24, 2.45) is 0 Å². The number of hydrogen-bond acceptors (Lipinski definition) is 7. The normalized spacial score (nSPS) is 18.0. The van der Waals surface area contributed by atoms with Gasteiger partial charge >= 0.3 is 5.69 Å². The minimum Gasteiger partial charge on any atom is -0.346 e. The van der Waals surface area contributed by atoms with Crippen LogP contribution in [0.15, 0.2) is 60.0 Å². The van der Waals surface area contributed by atoms with Crippen LogP contribution in [0.25, 0.3) is 28.0 Å². The summed E-state index contributed by atoms with van der Waals surface area (Å²) in [5.41, 5.74) is 2.27. The van der Waals surface area contributed by atoms with Crippen molar-refractivity contribution in [2.75, 3.05) is 18.0 Å². The van der Waals surface area contributed by atoms with Crippen molar-refractivity contribution in [3.8, 4) is 23.0 Å². The molecule has 2 unspecified atom stereocenters. The average Bonchev–Trinajstić information content (AvgIpc) is 3.24. The maximum Gasteiger partial charge on any atom is 0.355 e. The second-order valence-corrected chi connectivity index (χ2v) is 11.2. The highest BCUT2D eigenvalue weighted by atomic mass is 19.1. The number of aryl methyl sites for hydroxylation is 1. The zero-order valence-corrected chi connectivity index (χ0v) is 23.7. The van der Waals surface area contributed by atoms with Gasteiger partial charge in [-0.05, 0) is 61.6 Å². The third kappa shape index (κ3) is 4.33. The van der Waals surface area contributed by atoms with Crippen molar-refractivity contribution >= 4 is 22.8 Å². The average molecular weight is 564 g/mol. The Balaban J connectivity index is 1.67. The van der Waals surface area contributed by atoms with Crippen molar-refractivity contribution in [3.05, 3.63) is 88.4 Å². The fourth-order valence-electron chi connectivity index (χ4n) is 6.31. The van der Waals surface area contributed by atoms with Gasteiger partial charge in [-0.25, -0.2) is 18.7 Å². The van der Waals surface area contributed by atoms with Gasteiger partial charge in [0.1, 0.15) is 17.7 Å². The summed E-state index contributed by atoms with van der Waals surface area (Å²) in [4.78, 5) is 44.5. The monoisotopic (exact) mass is 563 g/mol. The number of piperazine rings is 1. The predicted molar refractivity (Wildman–Crippen MR) is 158 cm³/mol. The summed E-state index contributed by atoms with van der Waals surface area (Å²) < 4.78 is 16.5. The van der Waals surface area contributed by atoms with Gasteiger partial charge in [0.2, 0.25) is 5.91 Å². The number of nitriles is 1. The molecule has 10 heteroatoms. The molecule has 0 N–H and O–H groups in total. The lowest BCUT2D eigenvalue weighted by Gasteiger charge is -2.41. The van der Waals surface area contributed by atoms with Crippen molar-refractivity contribution < 1.29 is 9.18 Å². The fourth-order valence-corrected chi connectivity index (χ4v) is 6.31. The van der Waals surface area contributed by atoms with E-state index in [1.165, 1.54) is 16.7 Å². The molecule has 4 aromatic rings. The Morgan fingerprint density at radius 2 is 1.88 bits per heavy atom. The van der Waals surface area contributed by atoms with Gasteiger partial charge in [-0.1, -0.05) is 32.6 Å². The standard InChI is InChI=1S/C32H30FN7O2/c1-5-26(41)38-16-21-10-11-22(17-38)39(21)31-24-14-20(15-34)28(23-8-6-7-9-25(23)33)36-30(24)40(32(42)37-31)29-19(4)12-13-35-27(29)18(2)3/h5-9,12-14,18,21-22H,1,10-11,16-17H2,2-4H3. The maximum absolute atomic E-state index is 15.1. The number of nitrogens with zero attached hydrogens (tertiary/aromatic N) is 7. The molecule has 212 valence electrons. The quantitative estimate of drug-likeness (QED) is 0.325. The number of benzene rings is 1. The third-order valence-electron chi connectivity index (χ3n) is 8.24. The van der Waals surface area contributed by atoms with E-state index in [2.05, 4.69) is 27.5 Å². The van der Waals surface area contributed by atoms with E-state index in [0.29, 0.717) is 35.7 Å². The lowest BCUT2D eigenvalue weighted by Crippen LogP contribution is -2.55. The number of anilines is 1. The number of likely N-dealkylation sites (tertiary alicyclic amines) is 1. The molecule has 6 rings (SSSR count). The van der Waals surface area contributed by atoms with E-state index >= 15 is 4.39 Å². The molecule has 2 aliphatic rings. The summed E-state index contributed by atoms with van der Waals surface area (Å²) in [6.45, 7) is 10.5. The summed E-state index contributed by atoms with van der Waals surface area (Å²) >= 11 is 0. The van der Waals surface area contributed by atoms with Gasteiger partial charge in [0.25, 0.3) is 0 Å². The van der Waals surface area contributed by atoms with Crippen LogP contribution in [-0.2, 0) is 4.79 Å². The van der Waals surface area contributed by atoms with Gasteiger partial charge in [0, 0.05) is 36.9 Å². The van der Waals surface area contributed by atoms with Crippen LogP contribution < -0.4 is 10.6 Å². The van der Waals surface area contributed by atoms with E-state index in [9.17, 15) is 14.9 Å². The molecule has 42 heavy (non-hydrogen) atoms. The second-order valence-electron chi connectivity index (χ2n) is 11.2. The summed E-state index contributed by atoms with van der Waals surface area (Å²) in [6.07, 6.45) is 4.67. The number of carbonyl (C=O) groups excluding carboxylic acids is 1. The van der Waals surface area contributed by atoms with Gasteiger partial charge in [-0.15, -0.1) is 0 Å². The molecule has 0 radical (unpaired) electrons. The first-order valence-corrected chi connectivity index (χ1v) is 14.0. The molecule has 0 spiro atoms. The Hall–Kier alpha value is -4.91. The van der Waals surface area contributed by atoms with E-state index in [1.54, 1.807) is 35.4 Å². The molecule has 2 atom stereocenters. The Bertz CT molecular complexity index is 1840. The topological polar surface area (TPSA) is 108 Å². The van der Waals surface area contributed by atoms with Crippen molar-refractivity contribution in [1.82, 2.24) is 24.4 Å². The molecule has 2 aliphatic heterocycles. The zero-order valence-electron chi connectivity index (χ0n) is 23.7. The molecule has 2 bridgehead atoms. The van der Waals surface area contributed by atoms with Crippen LogP contribution in [0.3, 0.4) is 0 Å². The van der Waals surface area contributed by atoms with Crippen LogP contribution in [0.5, 0.6) is 0 Å². The molecule has 0 aliphatic carbocycles. The molecule has 5 heterocycles. The van der Waals surface area contributed by atoms with Crippen LogP contribution in [0.2, 0.25) is 0 Å². The molecule has 0 saturated carbocycles. The van der Waals surface area contributed by atoms with Crippen LogP contribution in [-0.4, -0.2) is 55.5 Å². The zero-order chi connectivity index (χ0) is 29.7. The third-order valence-corrected chi connectivity index (χ3v) is 8.24. The summed E-state index contributed by atoms with van der Waals surface area (Å²) in [6, 6.07) is 11.7. The van der Waals surface area contributed by atoms with Gasteiger partial charge in [-0.2, -0.15) is 10.2 Å². The van der Waals surface area contributed by atoms with Crippen molar-refractivity contribution in [3.63, 3.8) is 0 Å². The van der Waals surface area contributed by atoms with E-state index in [4.69, 9.17) is 4.98 Å². The van der Waals surface area contributed by atoms with Crippen molar-refractivity contribution in [1.29, 1.82) is 5.26 Å². The lowest BCUT2D eigenvalue weighted by molar-refractivity contribution is -0.126. The van der Waals surface area contributed by atoms with Crippen LogP contribution >= 0.6 is 0 Å². The number of hydrogen-bond donors (Lipinski definition) is 0. The Morgan fingerprint density at radius 3 is 2.52 bits per heavy atom. The predicted octanol–water partition coefficient (Wildman–Crippen LogP) is 4.65. The molecule has 2 saturated heterocycles. The molecule has 2 fully saturated rings. The number of rotatable bonds is 5. The number of carbonyl (C=O) groups is 1. The van der Waals surface area contributed by atoms with Gasteiger partial charge in [-0.3, -0.25) is 9.78 Å². The van der Waals surface area contributed by atoms with E-state index in [1.807, 2.05) is 26.8 Å². The van der Waals surface area contributed by atoms with Crippen LogP contribution in [0.1, 0.15) is 49.4 Å². The molecule has 9 nitrogen and oxygen atoms in total. The molecule has 1 amide bonds. The number of fused-ring (bicyclic) bond motifs is 3. The first-order valence-electron chi connectivity index (χ1n) is 14.0. The largest absolute Gasteiger partial charge is 0.355 e. The Kier molecular flexibility index (Phi) is 6.81. The van der Waals surface area contributed by atoms with E-state index < -0.39 is 11.5 Å². The lowest BCUT2D eigenvalue weighted by atomic mass is 10.0. The number of halogens is 1. The van der Waals surface area contributed by atoms with Crippen LogP contribution in [0.4, 0.5) is 10.2 Å². The number of pyridine rings is 2. The second kappa shape index (κ2) is 10.5. The first-order chi connectivity index (χ1) is 20.2. The Morgan fingerprint density at radius 1 is 1.17 bits per heavy atom.